The molecule has 0 amide bonds. The van der Waals surface area contributed by atoms with Crippen molar-refractivity contribution >= 4 is 50.7 Å². The summed E-state index contributed by atoms with van der Waals surface area (Å²) in [6.45, 7) is 0. The van der Waals surface area contributed by atoms with Crippen LogP contribution in [0.4, 0.5) is 4.39 Å². The van der Waals surface area contributed by atoms with Gasteiger partial charge in [-0.1, -0.05) is 35.3 Å². The SMILES string of the molecule is Fc1c(Br)cccc1C(Cl)c1cc(Cl)ccc1Cl. The van der Waals surface area contributed by atoms with Crippen molar-refractivity contribution < 1.29 is 4.39 Å². The number of hydrogen-bond acceptors (Lipinski definition) is 0. The summed E-state index contributed by atoms with van der Waals surface area (Å²) in [6, 6.07) is 9.90. The third kappa shape index (κ3) is 2.83. The molecule has 0 heterocycles. The highest BCUT2D eigenvalue weighted by Crippen LogP contribution is 2.37. The van der Waals surface area contributed by atoms with Crippen molar-refractivity contribution in [1.82, 2.24) is 0 Å². The van der Waals surface area contributed by atoms with E-state index in [-0.39, 0.29) is 0 Å². The summed E-state index contributed by atoms with van der Waals surface area (Å²) in [5, 5.41) is 0.280. The predicted molar refractivity (Wildman–Crippen MR) is 78.3 cm³/mol. The molecule has 2 aromatic carbocycles. The second kappa shape index (κ2) is 5.79. The van der Waals surface area contributed by atoms with Gasteiger partial charge in [-0.05, 0) is 45.8 Å². The smallest absolute Gasteiger partial charge is 0.142 e. The fourth-order valence-electron chi connectivity index (χ4n) is 1.59. The van der Waals surface area contributed by atoms with Crippen molar-refractivity contribution in [3.8, 4) is 0 Å². The van der Waals surface area contributed by atoms with Crippen molar-refractivity contribution in [2.45, 2.75) is 5.38 Å². The van der Waals surface area contributed by atoms with E-state index >= 15 is 0 Å². The normalized spacial score (nSPS) is 12.5. The molecule has 1 atom stereocenters. The minimum atomic E-state index is -0.686. The molecule has 2 rings (SSSR count). The van der Waals surface area contributed by atoms with E-state index in [4.69, 9.17) is 34.8 Å². The predicted octanol–water partition coefficient (Wildman–Crippen LogP) is 6.22. The van der Waals surface area contributed by atoms with E-state index in [1.165, 1.54) is 0 Å². The van der Waals surface area contributed by atoms with E-state index in [2.05, 4.69) is 15.9 Å². The molecule has 0 nitrogen and oxygen atoms in total. The van der Waals surface area contributed by atoms with Gasteiger partial charge in [-0.15, -0.1) is 11.6 Å². The largest absolute Gasteiger partial charge is 0.205 e. The average molecular weight is 368 g/mol. The Morgan fingerprint density at radius 1 is 1.06 bits per heavy atom. The lowest BCUT2D eigenvalue weighted by molar-refractivity contribution is 0.605. The number of hydrogen-bond donors (Lipinski definition) is 0. The highest BCUT2D eigenvalue weighted by atomic mass is 79.9. The van der Waals surface area contributed by atoms with Crippen LogP contribution in [0.1, 0.15) is 16.5 Å². The molecule has 0 saturated carbocycles. The molecule has 0 aromatic heterocycles. The van der Waals surface area contributed by atoms with Crippen molar-refractivity contribution in [1.29, 1.82) is 0 Å². The van der Waals surface area contributed by atoms with Crippen molar-refractivity contribution in [2.24, 2.45) is 0 Å². The molecular formula is C13H7BrCl3F. The van der Waals surface area contributed by atoms with E-state index < -0.39 is 11.2 Å². The Labute approximate surface area is 128 Å². The topological polar surface area (TPSA) is 0 Å². The second-order valence-electron chi connectivity index (χ2n) is 3.67. The summed E-state index contributed by atoms with van der Waals surface area (Å²) in [6.07, 6.45) is 0. The summed E-state index contributed by atoms with van der Waals surface area (Å²) < 4.78 is 14.3. The summed E-state index contributed by atoms with van der Waals surface area (Å²) >= 11 is 21.4. The zero-order chi connectivity index (χ0) is 13.3. The van der Waals surface area contributed by atoms with Gasteiger partial charge in [0.25, 0.3) is 0 Å². The molecule has 0 aliphatic carbocycles. The number of alkyl halides is 1. The van der Waals surface area contributed by atoms with Crippen LogP contribution in [0, 0.1) is 5.82 Å². The van der Waals surface area contributed by atoms with Crippen LogP contribution in [-0.4, -0.2) is 0 Å². The van der Waals surface area contributed by atoms with E-state index in [9.17, 15) is 4.39 Å². The van der Waals surface area contributed by atoms with Crippen LogP contribution in [0.15, 0.2) is 40.9 Å². The standard InChI is InChI=1S/C13H7BrCl3F/c14-10-3-1-2-8(13(10)18)12(17)9-6-7(15)4-5-11(9)16/h1-6,12H. The van der Waals surface area contributed by atoms with Crippen LogP contribution in [-0.2, 0) is 0 Å². The van der Waals surface area contributed by atoms with E-state index in [0.29, 0.717) is 25.6 Å². The van der Waals surface area contributed by atoms with Gasteiger partial charge in [-0.3, -0.25) is 0 Å². The van der Waals surface area contributed by atoms with Gasteiger partial charge in [0.1, 0.15) is 5.82 Å². The maximum atomic E-state index is 14.0. The summed E-state index contributed by atoms with van der Waals surface area (Å²) in [4.78, 5) is 0. The minimum Gasteiger partial charge on any atom is -0.205 e. The third-order valence-electron chi connectivity index (χ3n) is 2.49. The van der Waals surface area contributed by atoms with Gasteiger partial charge >= 0.3 is 0 Å². The van der Waals surface area contributed by atoms with E-state index in [1.54, 1.807) is 36.4 Å². The van der Waals surface area contributed by atoms with E-state index in [1.807, 2.05) is 0 Å². The molecule has 0 N–H and O–H groups in total. The molecule has 2 aromatic rings. The van der Waals surface area contributed by atoms with Crippen LogP contribution in [0.25, 0.3) is 0 Å². The molecule has 0 saturated heterocycles. The number of benzene rings is 2. The Morgan fingerprint density at radius 3 is 2.50 bits per heavy atom. The summed E-state index contributed by atoms with van der Waals surface area (Å²) in [7, 11) is 0. The zero-order valence-corrected chi connectivity index (χ0v) is 12.8. The lowest BCUT2D eigenvalue weighted by Gasteiger charge is -2.14. The summed E-state index contributed by atoms with van der Waals surface area (Å²) in [5.74, 6) is -0.395. The molecule has 18 heavy (non-hydrogen) atoms. The first-order valence-corrected chi connectivity index (χ1v) is 7.02. The lowest BCUT2D eigenvalue weighted by atomic mass is 10.0. The molecule has 0 aliphatic heterocycles. The maximum absolute atomic E-state index is 14.0. The molecule has 0 spiro atoms. The van der Waals surface area contributed by atoms with Crippen molar-refractivity contribution in [2.75, 3.05) is 0 Å². The Kier molecular flexibility index (Phi) is 4.54. The first-order chi connectivity index (χ1) is 8.50. The van der Waals surface area contributed by atoms with Crippen LogP contribution >= 0.6 is 50.7 Å². The van der Waals surface area contributed by atoms with Gasteiger partial charge in [0, 0.05) is 15.6 Å². The first-order valence-electron chi connectivity index (χ1n) is 5.03. The van der Waals surface area contributed by atoms with Gasteiger partial charge in [-0.25, -0.2) is 4.39 Å². The highest BCUT2D eigenvalue weighted by Gasteiger charge is 2.19. The monoisotopic (exact) mass is 366 g/mol. The zero-order valence-electron chi connectivity index (χ0n) is 8.93. The fraction of sp³-hybridized carbons (Fsp3) is 0.0769. The summed E-state index contributed by atoms with van der Waals surface area (Å²) in [5.41, 5.74) is 0.943. The van der Waals surface area contributed by atoms with Crippen molar-refractivity contribution in [3.05, 3.63) is 67.9 Å². The Morgan fingerprint density at radius 2 is 1.78 bits per heavy atom. The molecule has 0 aliphatic rings. The van der Waals surface area contributed by atoms with Gasteiger partial charge < -0.3 is 0 Å². The fourth-order valence-corrected chi connectivity index (χ4v) is 2.79. The molecule has 94 valence electrons. The molecule has 0 fully saturated rings. The molecule has 0 radical (unpaired) electrons. The van der Waals surface area contributed by atoms with Crippen LogP contribution in [0.3, 0.4) is 0 Å². The van der Waals surface area contributed by atoms with Crippen LogP contribution < -0.4 is 0 Å². The second-order valence-corrected chi connectivity index (χ2v) is 5.81. The van der Waals surface area contributed by atoms with E-state index in [0.717, 1.165) is 0 Å². The van der Waals surface area contributed by atoms with Gasteiger partial charge in [0.05, 0.1) is 9.85 Å². The minimum absolute atomic E-state index is 0.357. The van der Waals surface area contributed by atoms with Gasteiger partial charge in [-0.2, -0.15) is 0 Å². The van der Waals surface area contributed by atoms with Gasteiger partial charge in [0.2, 0.25) is 0 Å². The third-order valence-corrected chi connectivity index (χ3v) is 4.15. The highest BCUT2D eigenvalue weighted by molar-refractivity contribution is 9.10. The van der Waals surface area contributed by atoms with Crippen LogP contribution in [0.2, 0.25) is 10.0 Å². The molecular weight excluding hydrogens is 361 g/mol. The Hall–Kier alpha value is -0.280. The van der Waals surface area contributed by atoms with Crippen molar-refractivity contribution in [3.63, 3.8) is 0 Å². The van der Waals surface area contributed by atoms with Crippen LogP contribution in [0.5, 0.6) is 0 Å². The number of halogens is 5. The molecule has 5 heteroatoms. The Bertz CT molecular complexity index is 584. The maximum Gasteiger partial charge on any atom is 0.142 e. The lowest BCUT2D eigenvalue weighted by Crippen LogP contribution is -1.98. The average Bonchev–Trinajstić information content (AvgIpc) is 2.35. The first kappa shape index (κ1) is 14.1. The van der Waals surface area contributed by atoms with Gasteiger partial charge in [0.15, 0.2) is 0 Å². The molecule has 1 unspecified atom stereocenters. The quantitative estimate of drug-likeness (QED) is 0.552. The molecule has 0 bridgehead atoms. The number of rotatable bonds is 2. The Balaban J connectivity index is 2.51.